The lowest BCUT2D eigenvalue weighted by Gasteiger charge is -2.36. The molecule has 3 aromatic carbocycles. The van der Waals surface area contributed by atoms with Gasteiger partial charge in [-0.2, -0.15) is 4.31 Å². The Kier molecular flexibility index (Phi) is 10.7. The zero-order valence-electron chi connectivity index (χ0n) is 25.7. The maximum Gasteiger partial charge on any atom is 0.407 e. The molecular weight excluding hydrogens is 614 g/mol. The molecule has 0 spiro atoms. The highest BCUT2D eigenvalue weighted by molar-refractivity contribution is 7.89. The summed E-state index contributed by atoms with van der Waals surface area (Å²) in [5, 5.41) is 16.4. The van der Waals surface area contributed by atoms with Gasteiger partial charge in [0.1, 0.15) is 17.7 Å². The van der Waals surface area contributed by atoms with Gasteiger partial charge < -0.3 is 15.7 Å². The second kappa shape index (κ2) is 14.7. The fourth-order valence-electron chi connectivity index (χ4n) is 6.85. The fourth-order valence-corrected chi connectivity index (χ4v) is 8.52. The number of hydrogen-bond donors (Lipinski definition) is 3. The molecule has 2 fully saturated rings. The van der Waals surface area contributed by atoms with Crippen LogP contribution in [0.3, 0.4) is 0 Å². The molecule has 1 saturated carbocycles. The molecule has 5 rings (SSSR count). The van der Waals surface area contributed by atoms with Crippen molar-refractivity contribution in [2.24, 2.45) is 5.92 Å². The monoisotopic (exact) mass is 654 g/mol. The Hall–Kier alpha value is -3.87. The molecular formula is C34H40F2N4O5S. The molecule has 0 unspecified atom stereocenters. The summed E-state index contributed by atoms with van der Waals surface area (Å²) in [5.41, 5.74) is 1.02. The molecule has 0 bridgehead atoms. The first-order valence-corrected chi connectivity index (χ1v) is 17.0. The third-order valence-corrected chi connectivity index (χ3v) is 11.2. The van der Waals surface area contributed by atoms with Crippen molar-refractivity contribution in [3.05, 3.63) is 102 Å². The zero-order chi connectivity index (χ0) is 32.8. The molecule has 1 heterocycles. The third kappa shape index (κ3) is 7.56. The Labute approximate surface area is 268 Å². The number of benzene rings is 3. The number of carboxylic acid groups (broad SMARTS) is 1. The molecule has 3 aromatic rings. The second-order valence-corrected chi connectivity index (χ2v) is 14.0. The van der Waals surface area contributed by atoms with Gasteiger partial charge in [-0.15, -0.1) is 0 Å². The number of hydrogen-bond acceptors (Lipinski definition) is 5. The molecule has 3 N–H and O–H groups in total. The lowest BCUT2D eigenvalue weighted by atomic mass is 9.83. The van der Waals surface area contributed by atoms with E-state index in [0.29, 0.717) is 50.0 Å². The Morgan fingerprint density at radius 1 is 0.957 bits per heavy atom. The van der Waals surface area contributed by atoms with E-state index in [2.05, 4.69) is 10.6 Å². The van der Waals surface area contributed by atoms with Crippen molar-refractivity contribution < 1.29 is 31.9 Å². The van der Waals surface area contributed by atoms with Crippen LogP contribution in [-0.4, -0.2) is 79.5 Å². The average molecular weight is 655 g/mol. The van der Waals surface area contributed by atoms with E-state index in [1.54, 1.807) is 34.6 Å². The predicted molar refractivity (Wildman–Crippen MR) is 170 cm³/mol. The summed E-state index contributed by atoms with van der Waals surface area (Å²) in [6, 6.07) is 17.7. The average Bonchev–Trinajstić information content (AvgIpc) is 3.50. The van der Waals surface area contributed by atoms with Crippen molar-refractivity contribution in [3.63, 3.8) is 0 Å². The molecule has 1 aliphatic heterocycles. The SMILES string of the molecule is CN(C(=O)O)[C@H](C(=O)N[C@H]1CCC[C@@H]1CC[C@H]1CNCCN1S(=O)(=O)c1ccccc1)C(c1ccc(F)cc1)c1ccc(F)cc1. The molecule has 2 amide bonds. The van der Waals surface area contributed by atoms with Gasteiger partial charge in [0.2, 0.25) is 15.9 Å². The summed E-state index contributed by atoms with van der Waals surface area (Å²) in [5.74, 6) is -2.24. The Balaban J connectivity index is 1.35. The van der Waals surface area contributed by atoms with Crippen molar-refractivity contribution in [1.29, 1.82) is 0 Å². The minimum atomic E-state index is -3.67. The van der Waals surface area contributed by atoms with Crippen LogP contribution in [0.5, 0.6) is 0 Å². The number of carbonyl (C=O) groups is 2. The van der Waals surface area contributed by atoms with Crippen LogP contribution in [0, 0.1) is 17.6 Å². The van der Waals surface area contributed by atoms with Gasteiger partial charge in [0.25, 0.3) is 0 Å². The molecule has 9 nitrogen and oxygen atoms in total. The van der Waals surface area contributed by atoms with Crippen LogP contribution in [-0.2, 0) is 14.8 Å². The summed E-state index contributed by atoms with van der Waals surface area (Å²) < 4.78 is 56.3. The summed E-state index contributed by atoms with van der Waals surface area (Å²) in [6.07, 6.45) is 2.37. The number of nitrogens with one attached hydrogen (secondary N) is 2. The lowest BCUT2D eigenvalue weighted by molar-refractivity contribution is -0.127. The van der Waals surface area contributed by atoms with Crippen LogP contribution in [0.4, 0.5) is 13.6 Å². The predicted octanol–water partition coefficient (Wildman–Crippen LogP) is 4.80. The minimum absolute atomic E-state index is 0.0676. The van der Waals surface area contributed by atoms with Gasteiger partial charge in [-0.05, 0) is 79.1 Å². The fraction of sp³-hybridized carbons (Fsp3) is 0.412. The summed E-state index contributed by atoms with van der Waals surface area (Å²) in [4.78, 5) is 27.6. The normalized spacial score (nSPS) is 21.2. The van der Waals surface area contributed by atoms with Crippen molar-refractivity contribution in [2.45, 2.75) is 61.0 Å². The van der Waals surface area contributed by atoms with Crippen LogP contribution >= 0.6 is 0 Å². The molecule has 1 saturated heterocycles. The maximum absolute atomic E-state index is 14.1. The first-order valence-electron chi connectivity index (χ1n) is 15.6. The van der Waals surface area contributed by atoms with E-state index in [1.165, 1.54) is 55.6 Å². The first-order chi connectivity index (χ1) is 22.1. The highest BCUT2D eigenvalue weighted by atomic mass is 32.2. The quantitative estimate of drug-likeness (QED) is 0.273. The summed E-state index contributed by atoms with van der Waals surface area (Å²) in [7, 11) is -2.35. The van der Waals surface area contributed by atoms with E-state index >= 15 is 0 Å². The van der Waals surface area contributed by atoms with Crippen molar-refractivity contribution in [3.8, 4) is 0 Å². The third-order valence-electron chi connectivity index (χ3n) is 9.27. The van der Waals surface area contributed by atoms with Crippen molar-refractivity contribution in [2.75, 3.05) is 26.7 Å². The molecule has 0 aromatic heterocycles. The van der Waals surface area contributed by atoms with Gasteiger partial charge in [-0.1, -0.05) is 48.9 Å². The molecule has 0 radical (unpaired) electrons. The Bertz CT molecular complexity index is 1550. The number of amides is 2. The Morgan fingerprint density at radius 2 is 1.57 bits per heavy atom. The number of carbonyl (C=O) groups excluding carboxylic acids is 1. The van der Waals surface area contributed by atoms with Crippen LogP contribution in [0.15, 0.2) is 83.8 Å². The number of likely N-dealkylation sites (N-methyl/N-ethyl adjacent to an activating group) is 1. The molecule has 1 aliphatic carbocycles. The molecule has 12 heteroatoms. The number of nitrogens with zero attached hydrogens (tertiary/aromatic N) is 2. The van der Waals surface area contributed by atoms with Crippen molar-refractivity contribution >= 4 is 22.0 Å². The van der Waals surface area contributed by atoms with Crippen LogP contribution in [0.1, 0.15) is 49.1 Å². The van der Waals surface area contributed by atoms with Gasteiger partial charge in [-0.25, -0.2) is 22.0 Å². The van der Waals surface area contributed by atoms with Gasteiger partial charge >= 0.3 is 6.09 Å². The molecule has 246 valence electrons. The highest BCUT2D eigenvalue weighted by Crippen LogP contribution is 2.35. The maximum atomic E-state index is 14.1. The van der Waals surface area contributed by atoms with Gasteiger partial charge in [0.05, 0.1) is 4.90 Å². The smallest absolute Gasteiger partial charge is 0.407 e. The van der Waals surface area contributed by atoms with Gasteiger partial charge in [0, 0.05) is 44.7 Å². The molecule has 2 aliphatic rings. The van der Waals surface area contributed by atoms with Crippen LogP contribution < -0.4 is 10.6 Å². The van der Waals surface area contributed by atoms with Crippen molar-refractivity contribution in [1.82, 2.24) is 19.8 Å². The summed E-state index contributed by atoms with van der Waals surface area (Å²) >= 11 is 0. The largest absolute Gasteiger partial charge is 0.465 e. The van der Waals surface area contributed by atoms with Gasteiger partial charge in [-0.3, -0.25) is 9.69 Å². The number of halogens is 2. The van der Waals surface area contributed by atoms with Gasteiger partial charge in [0.15, 0.2) is 0 Å². The Morgan fingerprint density at radius 3 is 2.15 bits per heavy atom. The zero-order valence-corrected chi connectivity index (χ0v) is 26.5. The summed E-state index contributed by atoms with van der Waals surface area (Å²) in [6.45, 7) is 1.45. The van der Waals surface area contributed by atoms with Crippen LogP contribution in [0.2, 0.25) is 0 Å². The van der Waals surface area contributed by atoms with E-state index in [1.807, 2.05) is 0 Å². The topological polar surface area (TPSA) is 119 Å². The number of piperazine rings is 1. The highest BCUT2D eigenvalue weighted by Gasteiger charge is 2.40. The van der Waals surface area contributed by atoms with E-state index in [4.69, 9.17) is 0 Å². The van der Waals surface area contributed by atoms with E-state index < -0.39 is 45.6 Å². The van der Waals surface area contributed by atoms with E-state index in [9.17, 15) is 31.9 Å². The minimum Gasteiger partial charge on any atom is -0.465 e. The molecule has 46 heavy (non-hydrogen) atoms. The van der Waals surface area contributed by atoms with E-state index in [0.717, 1.165) is 17.7 Å². The van der Waals surface area contributed by atoms with Crippen LogP contribution in [0.25, 0.3) is 0 Å². The lowest BCUT2D eigenvalue weighted by Crippen LogP contribution is -2.54. The molecule has 4 atom stereocenters. The first kappa shape index (κ1) is 33.5. The van der Waals surface area contributed by atoms with E-state index in [-0.39, 0.29) is 22.9 Å². The standard InChI is InChI=1S/C34H40F2N4O5S/c1-39(34(42)43)32(31(24-10-15-26(35)16-11-24)25-12-17-27(36)18-13-25)33(41)38-30-9-5-6-23(30)14-19-28-22-37-20-21-40(28)46(44,45)29-7-3-2-4-8-29/h2-4,7-8,10-13,15-18,23,28,30-32,37H,5-6,9,14,19-22H2,1H3,(H,38,41)(H,42,43)/t23-,28+,30+,32+/m1/s1. The second-order valence-electron chi connectivity index (χ2n) is 12.1. The number of rotatable bonds is 11. The number of sulfonamides is 1.